The molecule has 3 aromatic carbocycles. The Balaban J connectivity index is 1.20. The molecule has 3 aliphatic rings. The van der Waals surface area contributed by atoms with Crippen molar-refractivity contribution >= 4 is 11.8 Å². The van der Waals surface area contributed by atoms with Gasteiger partial charge in [-0.25, -0.2) is 0 Å². The fourth-order valence-corrected chi connectivity index (χ4v) is 7.79. The number of carbonyl (C=O) groups excluding carboxylic acids is 2. The molecule has 0 saturated heterocycles. The van der Waals surface area contributed by atoms with Crippen molar-refractivity contribution in [1.82, 2.24) is 19.8 Å². The number of aromatic nitrogens is 2. The van der Waals surface area contributed by atoms with Crippen molar-refractivity contribution < 1.29 is 19.8 Å². The third kappa shape index (κ3) is 5.22. The van der Waals surface area contributed by atoms with Crippen LogP contribution >= 0.6 is 0 Å². The highest BCUT2D eigenvalue weighted by atomic mass is 16.3. The number of aliphatic hydroxyl groups excluding tert-OH is 2. The van der Waals surface area contributed by atoms with Crippen LogP contribution in [0.15, 0.2) is 85.2 Å². The maximum Gasteiger partial charge on any atom is 0.261 e. The van der Waals surface area contributed by atoms with Crippen LogP contribution in [-0.2, 0) is 52.0 Å². The number of fused-ring (bicyclic) bond motifs is 10. The molecule has 0 unspecified atom stereocenters. The Morgan fingerprint density at radius 1 is 0.625 bits per heavy atom. The summed E-state index contributed by atoms with van der Waals surface area (Å²) in [6.07, 6.45) is 6.26. The maximum absolute atomic E-state index is 14.4. The van der Waals surface area contributed by atoms with Gasteiger partial charge in [0, 0.05) is 38.6 Å². The van der Waals surface area contributed by atoms with Gasteiger partial charge < -0.3 is 10.2 Å². The third-order valence-electron chi connectivity index (χ3n) is 10.0. The summed E-state index contributed by atoms with van der Waals surface area (Å²) in [5.74, 6) is -0.442. The van der Waals surface area contributed by atoms with Crippen LogP contribution in [-0.4, -0.2) is 54.9 Å². The van der Waals surface area contributed by atoms with E-state index < -0.39 is 0 Å². The average molecular weight is 637 g/mol. The van der Waals surface area contributed by atoms with Gasteiger partial charge in [0.25, 0.3) is 11.8 Å². The summed E-state index contributed by atoms with van der Waals surface area (Å²) in [6.45, 7) is 1.78. The van der Waals surface area contributed by atoms with Crippen LogP contribution in [0, 0.1) is 0 Å². The number of imide groups is 1. The first-order valence-corrected chi connectivity index (χ1v) is 16.6. The molecule has 2 N–H and O–H groups in total. The van der Waals surface area contributed by atoms with Gasteiger partial charge in [0.1, 0.15) is 0 Å². The predicted molar refractivity (Wildman–Crippen MR) is 182 cm³/mol. The molecule has 48 heavy (non-hydrogen) atoms. The SMILES string of the molecule is O=C1c2c3c(c4c(c2C(=O)N1CCN(Cc1ccccn1)Cc1ccccn1)CCc1cc(CO)ccc1-4)-c1ccc(CO)cc1CC3. The van der Waals surface area contributed by atoms with Gasteiger partial charge >= 0.3 is 0 Å². The third-order valence-corrected chi connectivity index (χ3v) is 10.0. The van der Waals surface area contributed by atoms with Gasteiger partial charge in [-0.3, -0.25) is 29.4 Å². The lowest BCUT2D eigenvalue weighted by molar-refractivity contribution is 0.0631. The largest absolute Gasteiger partial charge is 0.392 e. The topological polar surface area (TPSA) is 107 Å². The van der Waals surface area contributed by atoms with Gasteiger partial charge in [-0.2, -0.15) is 0 Å². The Hall–Kier alpha value is -5.02. The van der Waals surface area contributed by atoms with Gasteiger partial charge in [0.05, 0.1) is 35.7 Å². The minimum absolute atomic E-state index is 0.0329. The Morgan fingerprint density at radius 2 is 1.12 bits per heavy atom. The van der Waals surface area contributed by atoms with Crippen molar-refractivity contribution in [2.75, 3.05) is 13.1 Å². The van der Waals surface area contributed by atoms with E-state index in [-0.39, 0.29) is 31.6 Å². The summed E-state index contributed by atoms with van der Waals surface area (Å²) in [7, 11) is 0. The molecule has 5 aromatic rings. The molecule has 8 nitrogen and oxygen atoms in total. The number of amides is 2. The molecule has 2 aromatic heterocycles. The highest BCUT2D eigenvalue weighted by molar-refractivity contribution is 6.25. The monoisotopic (exact) mass is 636 g/mol. The van der Waals surface area contributed by atoms with Crippen LogP contribution in [0.4, 0.5) is 0 Å². The molecular weight excluding hydrogens is 600 g/mol. The number of benzene rings is 3. The minimum Gasteiger partial charge on any atom is -0.392 e. The zero-order valence-electron chi connectivity index (χ0n) is 26.7. The molecule has 0 atom stereocenters. The van der Waals surface area contributed by atoms with Gasteiger partial charge in [-0.05, 0) is 106 Å². The van der Waals surface area contributed by atoms with E-state index in [1.807, 2.05) is 48.5 Å². The van der Waals surface area contributed by atoms with Crippen molar-refractivity contribution in [2.24, 2.45) is 0 Å². The summed E-state index contributed by atoms with van der Waals surface area (Å²) in [5, 5.41) is 19.7. The molecule has 1 aliphatic heterocycles. The number of nitrogens with zero attached hydrogens (tertiary/aromatic N) is 4. The highest BCUT2D eigenvalue weighted by Crippen LogP contribution is 2.50. The van der Waals surface area contributed by atoms with E-state index >= 15 is 0 Å². The highest BCUT2D eigenvalue weighted by Gasteiger charge is 2.44. The number of carbonyl (C=O) groups is 2. The molecule has 2 aliphatic carbocycles. The standard InChI is InChI=1S/C40H36N4O4/c45-23-25-7-11-31-27(19-25)9-13-33-35(31)36-32-12-8-26(24-46)20-28(32)10-14-34(36)38-37(33)39(47)44(40(38)48)18-17-43(21-29-5-1-3-15-41-29)22-30-6-2-4-16-42-30/h1-8,11-12,15-16,19-20,45-46H,9-10,13-14,17-18,21-24H2. The number of aryl methyl sites for hydroxylation is 2. The van der Waals surface area contributed by atoms with E-state index in [2.05, 4.69) is 39.1 Å². The van der Waals surface area contributed by atoms with E-state index in [0.717, 1.165) is 79.9 Å². The first-order chi connectivity index (χ1) is 23.5. The Bertz CT molecular complexity index is 1920. The predicted octanol–water partition coefficient (Wildman–Crippen LogP) is 5.29. The number of hydrogen-bond donors (Lipinski definition) is 2. The Labute approximate surface area is 279 Å². The van der Waals surface area contributed by atoms with E-state index in [1.54, 1.807) is 12.4 Å². The first kappa shape index (κ1) is 30.3. The van der Waals surface area contributed by atoms with Crippen molar-refractivity contribution in [3.8, 4) is 22.3 Å². The maximum atomic E-state index is 14.4. The van der Waals surface area contributed by atoms with E-state index in [0.29, 0.717) is 43.6 Å². The lowest BCUT2D eigenvalue weighted by Gasteiger charge is -2.31. The number of rotatable bonds is 9. The Morgan fingerprint density at radius 3 is 1.56 bits per heavy atom. The van der Waals surface area contributed by atoms with Crippen molar-refractivity contribution in [3.63, 3.8) is 0 Å². The van der Waals surface area contributed by atoms with E-state index in [9.17, 15) is 19.8 Å². The molecule has 0 bridgehead atoms. The van der Waals surface area contributed by atoms with Crippen LogP contribution in [0.25, 0.3) is 22.3 Å². The minimum atomic E-state index is -0.221. The fourth-order valence-electron chi connectivity index (χ4n) is 7.79. The van der Waals surface area contributed by atoms with Crippen LogP contribution in [0.1, 0.15) is 65.5 Å². The second-order valence-corrected chi connectivity index (χ2v) is 12.9. The average Bonchev–Trinajstić information content (AvgIpc) is 3.39. The number of hydrogen-bond acceptors (Lipinski definition) is 7. The van der Waals surface area contributed by atoms with Gasteiger partial charge in [-0.15, -0.1) is 0 Å². The smallest absolute Gasteiger partial charge is 0.261 e. The summed E-state index contributed by atoms with van der Waals surface area (Å²) in [5.41, 5.74) is 13.0. The van der Waals surface area contributed by atoms with Crippen molar-refractivity contribution in [2.45, 2.75) is 52.0 Å². The summed E-state index contributed by atoms with van der Waals surface area (Å²) in [4.78, 5) is 41.5. The molecular formula is C40H36N4O4. The zero-order chi connectivity index (χ0) is 32.8. The van der Waals surface area contributed by atoms with Crippen LogP contribution in [0.3, 0.4) is 0 Å². The summed E-state index contributed by atoms with van der Waals surface area (Å²) >= 11 is 0. The summed E-state index contributed by atoms with van der Waals surface area (Å²) in [6, 6.07) is 23.8. The normalized spacial score (nSPS) is 14.4. The van der Waals surface area contributed by atoms with Crippen LogP contribution in [0.5, 0.6) is 0 Å². The van der Waals surface area contributed by atoms with E-state index in [1.165, 1.54) is 4.90 Å². The first-order valence-electron chi connectivity index (χ1n) is 16.6. The fraction of sp³-hybridized carbons (Fsp3) is 0.250. The molecule has 3 heterocycles. The quantitative estimate of drug-likeness (QED) is 0.212. The van der Waals surface area contributed by atoms with Crippen LogP contribution < -0.4 is 0 Å². The van der Waals surface area contributed by atoms with Gasteiger partial charge in [0.2, 0.25) is 0 Å². The van der Waals surface area contributed by atoms with E-state index in [4.69, 9.17) is 0 Å². The zero-order valence-corrected chi connectivity index (χ0v) is 26.7. The Kier molecular flexibility index (Phi) is 7.92. The lowest BCUT2D eigenvalue weighted by atomic mass is 9.72. The van der Waals surface area contributed by atoms with Gasteiger partial charge in [0.15, 0.2) is 0 Å². The summed E-state index contributed by atoms with van der Waals surface area (Å²) < 4.78 is 0. The molecule has 240 valence electrons. The number of pyridine rings is 2. The van der Waals surface area contributed by atoms with Crippen molar-refractivity contribution in [3.05, 3.63) is 141 Å². The van der Waals surface area contributed by atoms with Crippen LogP contribution in [0.2, 0.25) is 0 Å². The number of aliphatic hydroxyl groups is 2. The molecule has 0 fully saturated rings. The molecule has 0 radical (unpaired) electrons. The molecule has 8 heteroatoms. The molecule has 0 saturated carbocycles. The second-order valence-electron chi connectivity index (χ2n) is 12.9. The lowest BCUT2D eigenvalue weighted by Crippen LogP contribution is -2.38. The molecule has 8 rings (SSSR count). The molecule has 0 spiro atoms. The van der Waals surface area contributed by atoms with Crippen molar-refractivity contribution in [1.29, 1.82) is 0 Å². The molecule has 2 amide bonds. The second kappa shape index (κ2) is 12.5. The van der Waals surface area contributed by atoms with Gasteiger partial charge in [-0.1, -0.05) is 48.5 Å².